The zero-order valence-corrected chi connectivity index (χ0v) is 10.3. The monoisotopic (exact) mass is 232 g/mol. The average molecular weight is 232 g/mol. The van der Waals surface area contributed by atoms with E-state index in [1.807, 2.05) is 0 Å². The van der Waals surface area contributed by atoms with Gasteiger partial charge in [-0.3, -0.25) is 0 Å². The number of unbranched alkanes of at least 4 members (excludes halogenated alkanes) is 7. The number of hydrogen-bond acceptors (Lipinski definition) is 4. The Morgan fingerprint density at radius 2 is 1.56 bits per heavy atom. The van der Waals surface area contributed by atoms with Crippen LogP contribution in [-0.2, 0) is 19.9 Å². The molecule has 1 saturated heterocycles. The summed E-state index contributed by atoms with van der Waals surface area (Å²) in [5.41, 5.74) is 0. The summed E-state index contributed by atoms with van der Waals surface area (Å²) in [6.45, 7) is 2.72. The molecular weight excluding hydrogens is 208 g/mol. The second-order valence-corrected chi connectivity index (χ2v) is 4.40. The smallest absolute Gasteiger partial charge is 0.123 e. The van der Waals surface area contributed by atoms with E-state index in [0.717, 1.165) is 6.42 Å². The highest BCUT2D eigenvalue weighted by Gasteiger charge is 2.16. The Kier molecular flexibility index (Phi) is 8.71. The minimum atomic E-state index is 0.0360. The van der Waals surface area contributed by atoms with Crippen molar-refractivity contribution in [3.63, 3.8) is 0 Å². The molecule has 0 radical (unpaired) electrons. The summed E-state index contributed by atoms with van der Waals surface area (Å²) in [6, 6.07) is 0. The van der Waals surface area contributed by atoms with E-state index < -0.39 is 0 Å². The van der Waals surface area contributed by atoms with Crippen LogP contribution in [0.15, 0.2) is 0 Å². The Bertz CT molecular complexity index is 146. The Labute approximate surface area is 98.0 Å². The molecule has 1 heterocycles. The number of rotatable bonds is 9. The molecule has 4 heteroatoms. The Balaban J connectivity index is 1.77. The van der Waals surface area contributed by atoms with E-state index in [9.17, 15) is 0 Å². The second kappa shape index (κ2) is 10.0. The van der Waals surface area contributed by atoms with Crippen molar-refractivity contribution in [1.82, 2.24) is 0 Å². The minimum Gasteiger partial charge on any atom is -0.201 e. The maximum Gasteiger partial charge on any atom is 0.123 e. The van der Waals surface area contributed by atoms with Crippen molar-refractivity contribution >= 4 is 0 Å². The highest BCUT2D eigenvalue weighted by Crippen LogP contribution is 2.14. The molecule has 1 aliphatic heterocycles. The zero-order valence-electron chi connectivity index (χ0n) is 10.3. The third kappa shape index (κ3) is 7.17. The molecule has 4 nitrogen and oxygen atoms in total. The van der Waals surface area contributed by atoms with Gasteiger partial charge in [0.25, 0.3) is 0 Å². The van der Waals surface area contributed by atoms with Crippen molar-refractivity contribution < 1.29 is 19.9 Å². The van der Waals surface area contributed by atoms with Gasteiger partial charge in [-0.2, -0.15) is 4.89 Å². The average Bonchev–Trinajstić information content (AvgIpc) is 2.34. The molecule has 0 N–H and O–H groups in total. The van der Waals surface area contributed by atoms with Crippen LogP contribution in [0.2, 0.25) is 0 Å². The van der Waals surface area contributed by atoms with Gasteiger partial charge < -0.3 is 0 Å². The molecule has 0 saturated carbocycles. The van der Waals surface area contributed by atoms with Gasteiger partial charge in [-0.1, -0.05) is 58.3 Å². The highest BCUT2D eigenvalue weighted by atomic mass is 17.7. The quantitative estimate of drug-likeness (QED) is 0.448. The summed E-state index contributed by atoms with van der Waals surface area (Å²) >= 11 is 0. The summed E-state index contributed by atoms with van der Waals surface area (Å²) in [4.78, 5) is 9.55. The van der Waals surface area contributed by atoms with Gasteiger partial charge in [0.15, 0.2) is 0 Å². The normalized spacial score (nSPS) is 21.2. The van der Waals surface area contributed by atoms with Crippen molar-refractivity contribution in [2.24, 2.45) is 0 Å². The zero-order chi connectivity index (χ0) is 11.5. The molecule has 0 bridgehead atoms. The van der Waals surface area contributed by atoms with Crippen molar-refractivity contribution in [2.75, 3.05) is 6.61 Å². The molecule has 0 amide bonds. The number of hydrogen-bond donors (Lipinski definition) is 0. The summed E-state index contributed by atoms with van der Waals surface area (Å²) in [7, 11) is 0. The predicted molar refractivity (Wildman–Crippen MR) is 60.2 cm³/mol. The van der Waals surface area contributed by atoms with Gasteiger partial charge in [0.05, 0.1) is 0 Å². The van der Waals surface area contributed by atoms with Crippen LogP contribution in [0.25, 0.3) is 0 Å². The second-order valence-electron chi connectivity index (χ2n) is 4.40. The third-order valence-electron chi connectivity index (χ3n) is 2.88. The van der Waals surface area contributed by atoms with Gasteiger partial charge in [-0.05, 0) is 16.5 Å². The van der Waals surface area contributed by atoms with Crippen molar-refractivity contribution in [3.8, 4) is 0 Å². The van der Waals surface area contributed by atoms with Gasteiger partial charge in [-0.15, -0.1) is 0 Å². The van der Waals surface area contributed by atoms with Crippen LogP contribution in [-0.4, -0.2) is 12.7 Å². The molecule has 1 aliphatic rings. The maximum absolute atomic E-state index is 4.89. The Morgan fingerprint density at radius 1 is 0.875 bits per heavy atom. The molecular formula is C12H24O4. The van der Waals surface area contributed by atoms with Crippen LogP contribution < -0.4 is 0 Å². The molecule has 1 unspecified atom stereocenters. The fraction of sp³-hybridized carbons (Fsp3) is 1.00. The molecule has 0 aromatic carbocycles. The standard InChI is InChI=1S/C12H24O4/c1-2-3-4-5-6-7-8-9-10-12-11-13-15-16-14-12/h12H,2-11H2,1H3. The Morgan fingerprint density at radius 3 is 2.19 bits per heavy atom. The van der Waals surface area contributed by atoms with E-state index in [-0.39, 0.29) is 6.10 Å². The molecule has 0 aromatic heterocycles. The van der Waals surface area contributed by atoms with Crippen molar-refractivity contribution in [3.05, 3.63) is 0 Å². The molecule has 0 aliphatic carbocycles. The summed E-state index contributed by atoms with van der Waals surface area (Å²) in [6.07, 6.45) is 11.6. The van der Waals surface area contributed by atoms with E-state index in [2.05, 4.69) is 21.9 Å². The van der Waals surface area contributed by atoms with Crippen molar-refractivity contribution in [1.29, 1.82) is 0 Å². The largest absolute Gasteiger partial charge is 0.201 e. The van der Waals surface area contributed by atoms with Crippen LogP contribution in [0, 0.1) is 0 Å². The first kappa shape index (κ1) is 13.9. The van der Waals surface area contributed by atoms with Crippen LogP contribution >= 0.6 is 0 Å². The molecule has 0 spiro atoms. The molecule has 1 rings (SSSR count). The van der Waals surface area contributed by atoms with Gasteiger partial charge in [0.2, 0.25) is 0 Å². The van der Waals surface area contributed by atoms with Gasteiger partial charge in [0.1, 0.15) is 12.7 Å². The van der Waals surface area contributed by atoms with Gasteiger partial charge in [-0.25, -0.2) is 4.89 Å². The lowest BCUT2D eigenvalue weighted by atomic mass is 10.1. The summed E-state index contributed by atoms with van der Waals surface area (Å²) in [5, 5.41) is 8.44. The molecule has 1 atom stereocenters. The third-order valence-corrected chi connectivity index (χ3v) is 2.88. The molecule has 96 valence electrons. The SMILES string of the molecule is CCCCCCCCCCC1COOOO1. The minimum absolute atomic E-state index is 0.0360. The highest BCUT2D eigenvalue weighted by molar-refractivity contribution is 4.55. The molecule has 1 fully saturated rings. The fourth-order valence-corrected chi connectivity index (χ4v) is 1.86. The van der Waals surface area contributed by atoms with Crippen LogP contribution in [0.4, 0.5) is 0 Å². The predicted octanol–water partition coefficient (Wildman–Crippen LogP) is 3.71. The summed E-state index contributed by atoms with van der Waals surface area (Å²) in [5.74, 6) is 0. The van der Waals surface area contributed by atoms with Crippen molar-refractivity contribution in [2.45, 2.75) is 70.8 Å². The Hall–Kier alpha value is -0.160. The lowest BCUT2D eigenvalue weighted by Gasteiger charge is -2.18. The topological polar surface area (TPSA) is 36.9 Å². The van der Waals surface area contributed by atoms with Crippen LogP contribution in [0.5, 0.6) is 0 Å². The lowest BCUT2D eigenvalue weighted by molar-refractivity contribution is -0.676. The van der Waals surface area contributed by atoms with E-state index in [4.69, 9.17) is 4.89 Å². The first-order valence-electron chi connectivity index (χ1n) is 6.55. The van der Waals surface area contributed by atoms with Gasteiger partial charge in [0, 0.05) is 0 Å². The van der Waals surface area contributed by atoms with E-state index >= 15 is 0 Å². The van der Waals surface area contributed by atoms with Gasteiger partial charge >= 0.3 is 0 Å². The fourth-order valence-electron chi connectivity index (χ4n) is 1.86. The van der Waals surface area contributed by atoms with E-state index in [0.29, 0.717) is 6.61 Å². The lowest BCUT2D eigenvalue weighted by Crippen LogP contribution is -2.25. The summed E-state index contributed by atoms with van der Waals surface area (Å²) < 4.78 is 0. The first-order chi connectivity index (χ1) is 7.93. The maximum atomic E-state index is 4.89. The van der Waals surface area contributed by atoms with E-state index in [1.165, 1.54) is 51.4 Å². The van der Waals surface area contributed by atoms with Crippen LogP contribution in [0.1, 0.15) is 64.7 Å². The first-order valence-corrected chi connectivity index (χ1v) is 6.55. The van der Waals surface area contributed by atoms with Crippen LogP contribution in [0.3, 0.4) is 0 Å². The van der Waals surface area contributed by atoms with E-state index in [1.54, 1.807) is 0 Å². The molecule has 16 heavy (non-hydrogen) atoms. The molecule has 0 aromatic rings.